The third-order valence-electron chi connectivity index (χ3n) is 4.85. The maximum atomic E-state index is 12.7. The zero-order valence-electron chi connectivity index (χ0n) is 15.0. The predicted octanol–water partition coefficient (Wildman–Crippen LogP) is 3.34. The van der Waals surface area contributed by atoms with Crippen LogP contribution in [0.1, 0.15) is 43.2 Å². The average Bonchev–Trinajstić information content (AvgIpc) is 3.36. The smallest absolute Gasteiger partial charge is 0.340 e. The van der Waals surface area contributed by atoms with Gasteiger partial charge in [0.15, 0.2) is 11.8 Å². The van der Waals surface area contributed by atoms with E-state index < -0.39 is 12.1 Å². The van der Waals surface area contributed by atoms with Crippen molar-refractivity contribution in [1.29, 1.82) is 0 Å². The summed E-state index contributed by atoms with van der Waals surface area (Å²) in [5, 5.41) is 0. The summed E-state index contributed by atoms with van der Waals surface area (Å²) >= 11 is 0. The number of imidazole rings is 1. The lowest BCUT2D eigenvalue weighted by molar-refractivity contribution is -0.160. The SMILES string of the molecule is O=C(OCc1nc2ncncc2[nH]1)C(OCC1CCCC1)c1ccccc1. The van der Waals surface area contributed by atoms with E-state index in [0.717, 1.165) is 18.4 Å². The first-order chi connectivity index (χ1) is 13.3. The average molecular weight is 366 g/mol. The first-order valence-corrected chi connectivity index (χ1v) is 9.27. The summed E-state index contributed by atoms with van der Waals surface area (Å²) < 4.78 is 11.5. The maximum Gasteiger partial charge on any atom is 0.340 e. The Labute approximate surface area is 157 Å². The Bertz CT molecular complexity index is 857. The molecule has 2 heterocycles. The van der Waals surface area contributed by atoms with E-state index in [2.05, 4.69) is 19.9 Å². The van der Waals surface area contributed by atoms with Gasteiger partial charge in [0.05, 0.1) is 12.8 Å². The highest BCUT2D eigenvalue weighted by Gasteiger charge is 2.26. The summed E-state index contributed by atoms with van der Waals surface area (Å²) in [4.78, 5) is 28.1. The van der Waals surface area contributed by atoms with Crippen LogP contribution in [0.2, 0.25) is 0 Å². The summed E-state index contributed by atoms with van der Waals surface area (Å²) in [6.45, 7) is 0.611. The summed E-state index contributed by atoms with van der Waals surface area (Å²) in [6, 6.07) is 9.48. The first-order valence-electron chi connectivity index (χ1n) is 9.27. The van der Waals surface area contributed by atoms with Crippen LogP contribution in [0.15, 0.2) is 42.9 Å². The molecule has 3 aromatic rings. The van der Waals surface area contributed by atoms with Gasteiger partial charge in [-0.25, -0.2) is 19.7 Å². The molecule has 1 saturated carbocycles. The molecule has 1 aliphatic carbocycles. The molecule has 1 aromatic carbocycles. The van der Waals surface area contributed by atoms with Gasteiger partial charge in [0.2, 0.25) is 0 Å². The van der Waals surface area contributed by atoms with Crippen molar-refractivity contribution in [2.75, 3.05) is 6.61 Å². The number of carbonyl (C=O) groups is 1. The van der Waals surface area contributed by atoms with Crippen LogP contribution in [-0.4, -0.2) is 32.5 Å². The number of carbonyl (C=O) groups excluding carboxylic acids is 1. The monoisotopic (exact) mass is 366 g/mol. The number of hydrogen-bond acceptors (Lipinski definition) is 6. The summed E-state index contributed by atoms with van der Waals surface area (Å²) in [7, 11) is 0. The van der Waals surface area contributed by atoms with Gasteiger partial charge in [-0.05, 0) is 24.3 Å². The van der Waals surface area contributed by atoms with Gasteiger partial charge >= 0.3 is 5.97 Å². The summed E-state index contributed by atoms with van der Waals surface area (Å²) in [5.74, 6) is 0.644. The van der Waals surface area contributed by atoms with Crippen LogP contribution in [0.25, 0.3) is 11.2 Å². The van der Waals surface area contributed by atoms with Crippen molar-refractivity contribution in [2.45, 2.75) is 38.4 Å². The van der Waals surface area contributed by atoms with Crippen LogP contribution in [-0.2, 0) is 20.9 Å². The molecule has 0 amide bonds. The molecule has 1 fully saturated rings. The molecule has 4 rings (SSSR count). The Morgan fingerprint density at radius 2 is 2.04 bits per heavy atom. The second kappa shape index (κ2) is 8.26. The van der Waals surface area contributed by atoms with Crippen LogP contribution < -0.4 is 0 Å². The lowest BCUT2D eigenvalue weighted by Gasteiger charge is -2.19. The molecule has 27 heavy (non-hydrogen) atoms. The van der Waals surface area contributed by atoms with Crippen molar-refractivity contribution in [3.8, 4) is 0 Å². The normalized spacial score (nSPS) is 15.9. The number of nitrogens with one attached hydrogen (secondary N) is 1. The second-order valence-corrected chi connectivity index (χ2v) is 6.83. The Hall–Kier alpha value is -2.80. The number of fused-ring (bicyclic) bond motifs is 1. The third-order valence-corrected chi connectivity index (χ3v) is 4.85. The van der Waals surface area contributed by atoms with E-state index in [1.807, 2.05) is 30.3 Å². The number of nitrogens with zero attached hydrogens (tertiary/aromatic N) is 3. The Kier molecular flexibility index (Phi) is 5.39. The van der Waals surface area contributed by atoms with Crippen LogP contribution >= 0.6 is 0 Å². The molecular weight excluding hydrogens is 344 g/mol. The van der Waals surface area contributed by atoms with Crippen molar-refractivity contribution in [1.82, 2.24) is 19.9 Å². The van der Waals surface area contributed by atoms with E-state index in [4.69, 9.17) is 9.47 Å². The van der Waals surface area contributed by atoms with E-state index >= 15 is 0 Å². The van der Waals surface area contributed by atoms with Gasteiger partial charge in [-0.3, -0.25) is 0 Å². The molecule has 1 atom stereocenters. The van der Waals surface area contributed by atoms with Crippen molar-refractivity contribution in [2.24, 2.45) is 5.92 Å². The van der Waals surface area contributed by atoms with Crippen LogP contribution in [0.4, 0.5) is 0 Å². The lowest BCUT2D eigenvalue weighted by atomic mass is 10.1. The van der Waals surface area contributed by atoms with Gasteiger partial charge in [0.25, 0.3) is 0 Å². The number of hydrogen-bond donors (Lipinski definition) is 1. The zero-order valence-corrected chi connectivity index (χ0v) is 15.0. The van der Waals surface area contributed by atoms with Crippen LogP contribution in [0, 0.1) is 5.92 Å². The number of rotatable bonds is 7. The minimum absolute atomic E-state index is 0.0331. The number of esters is 1. The number of aromatic nitrogens is 4. The van der Waals surface area contributed by atoms with E-state index in [-0.39, 0.29) is 6.61 Å². The number of aromatic amines is 1. The highest BCUT2D eigenvalue weighted by molar-refractivity contribution is 5.76. The summed E-state index contributed by atoms with van der Waals surface area (Å²) in [6.07, 6.45) is 7.15. The number of ether oxygens (including phenoxy) is 2. The van der Waals surface area contributed by atoms with Gasteiger partial charge < -0.3 is 14.5 Å². The van der Waals surface area contributed by atoms with Gasteiger partial charge in [-0.15, -0.1) is 0 Å². The predicted molar refractivity (Wildman–Crippen MR) is 98.6 cm³/mol. The van der Waals surface area contributed by atoms with Crippen LogP contribution in [0.3, 0.4) is 0 Å². The molecule has 0 bridgehead atoms. The fourth-order valence-corrected chi connectivity index (χ4v) is 3.43. The fourth-order valence-electron chi connectivity index (χ4n) is 3.43. The fraction of sp³-hybridized carbons (Fsp3) is 0.400. The number of H-pyrrole nitrogens is 1. The molecule has 2 aromatic heterocycles. The van der Waals surface area contributed by atoms with Gasteiger partial charge in [0.1, 0.15) is 24.3 Å². The molecule has 0 radical (unpaired) electrons. The largest absolute Gasteiger partial charge is 0.455 e. The molecule has 140 valence electrons. The van der Waals surface area contributed by atoms with E-state index in [1.54, 1.807) is 6.20 Å². The Morgan fingerprint density at radius 3 is 2.81 bits per heavy atom. The Balaban J connectivity index is 1.42. The molecule has 0 saturated heterocycles. The van der Waals surface area contributed by atoms with Crippen LogP contribution in [0.5, 0.6) is 0 Å². The number of benzene rings is 1. The van der Waals surface area contributed by atoms with E-state index in [0.29, 0.717) is 29.5 Å². The molecule has 0 aliphatic heterocycles. The van der Waals surface area contributed by atoms with Gasteiger partial charge in [0, 0.05) is 0 Å². The van der Waals surface area contributed by atoms with E-state index in [1.165, 1.54) is 19.2 Å². The molecule has 1 N–H and O–H groups in total. The molecule has 0 spiro atoms. The minimum atomic E-state index is -0.726. The first kappa shape index (κ1) is 17.6. The second-order valence-electron chi connectivity index (χ2n) is 6.83. The third kappa shape index (κ3) is 4.31. The van der Waals surface area contributed by atoms with Crippen molar-refractivity contribution < 1.29 is 14.3 Å². The Morgan fingerprint density at radius 1 is 1.22 bits per heavy atom. The van der Waals surface area contributed by atoms with Crippen molar-refractivity contribution in [3.05, 3.63) is 54.2 Å². The summed E-state index contributed by atoms with van der Waals surface area (Å²) in [5.41, 5.74) is 2.06. The standard InChI is InChI=1S/C20H22N4O3/c25-20(27-12-17-23-16-10-21-13-22-19(16)24-17)18(15-8-2-1-3-9-15)26-11-14-6-4-5-7-14/h1-3,8-10,13-14,18H,4-7,11-12H2,(H,21,22,23,24). The maximum absolute atomic E-state index is 12.7. The zero-order chi connectivity index (χ0) is 18.5. The lowest BCUT2D eigenvalue weighted by Crippen LogP contribution is -2.21. The molecule has 7 heteroatoms. The molecule has 7 nitrogen and oxygen atoms in total. The highest BCUT2D eigenvalue weighted by atomic mass is 16.6. The topological polar surface area (TPSA) is 90.0 Å². The molecule has 1 unspecified atom stereocenters. The quantitative estimate of drug-likeness (QED) is 0.645. The van der Waals surface area contributed by atoms with Crippen molar-refractivity contribution in [3.63, 3.8) is 0 Å². The minimum Gasteiger partial charge on any atom is -0.455 e. The van der Waals surface area contributed by atoms with Gasteiger partial charge in [-0.2, -0.15) is 0 Å². The highest BCUT2D eigenvalue weighted by Crippen LogP contribution is 2.28. The van der Waals surface area contributed by atoms with Gasteiger partial charge in [-0.1, -0.05) is 43.2 Å². The van der Waals surface area contributed by atoms with Crippen molar-refractivity contribution >= 4 is 17.1 Å². The van der Waals surface area contributed by atoms with E-state index in [9.17, 15) is 4.79 Å². The molecule has 1 aliphatic rings. The molecular formula is C20H22N4O3.